The first-order valence-corrected chi connectivity index (χ1v) is 9.62. The molecule has 0 aliphatic heterocycles. The second kappa shape index (κ2) is 8.68. The van der Waals surface area contributed by atoms with Gasteiger partial charge in [0.25, 0.3) is 0 Å². The summed E-state index contributed by atoms with van der Waals surface area (Å²) in [5, 5.41) is 12.1. The van der Waals surface area contributed by atoms with Gasteiger partial charge in [0, 0.05) is 25.8 Å². The number of carbonyl (C=O) groups is 1. The lowest BCUT2D eigenvalue weighted by Crippen LogP contribution is -2.36. The molecule has 0 fully saturated rings. The van der Waals surface area contributed by atoms with Crippen molar-refractivity contribution in [3.63, 3.8) is 0 Å². The van der Waals surface area contributed by atoms with Crippen molar-refractivity contribution in [2.45, 2.75) is 44.3 Å². The van der Waals surface area contributed by atoms with Crippen molar-refractivity contribution >= 4 is 17.7 Å². The smallest absolute Gasteiger partial charge is 0.230 e. The maximum Gasteiger partial charge on any atom is 0.230 e. The topological polar surface area (TPSA) is 69.0 Å². The second-order valence-electron chi connectivity index (χ2n) is 7.41. The molecule has 1 N–H and O–H groups in total. The molecular weight excluding hydrogens is 348 g/mol. The monoisotopic (exact) mass is 376 g/mol. The molecule has 0 saturated carbocycles. The fraction of sp³-hybridized carbons (Fsp3) is 0.526. The largest absolute Gasteiger partial charge is 0.383 e. The highest BCUT2D eigenvalue weighted by Crippen LogP contribution is 2.26. The Labute approximate surface area is 159 Å². The van der Waals surface area contributed by atoms with Gasteiger partial charge in [-0.2, -0.15) is 0 Å². The predicted molar refractivity (Wildman–Crippen MR) is 105 cm³/mol. The van der Waals surface area contributed by atoms with E-state index in [1.807, 2.05) is 18.5 Å². The highest BCUT2D eigenvalue weighted by atomic mass is 32.2. The van der Waals surface area contributed by atoms with Gasteiger partial charge >= 0.3 is 0 Å². The summed E-state index contributed by atoms with van der Waals surface area (Å²) < 4.78 is 6.94. The van der Waals surface area contributed by atoms with E-state index in [4.69, 9.17) is 4.74 Å². The zero-order valence-corrected chi connectivity index (χ0v) is 17.2. The number of ether oxygens (including phenoxy) is 1. The average molecular weight is 377 g/mol. The molecule has 0 spiro atoms. The van der Waals surface area contributed by atoms with Gasteiger partial charge in [-0.25, -0.2) is 0 Å². The van der Waals surface area contributed by atoms with Crippen LogP contribution < -0.4 is 5.32 Å². The quantitative estimate of drug-likeness (QED) is 0.752. The van der Waals surface area contributed by atoms with E-state index in [9.17, 15) is 4.79 Å². The first-order valence-electron chi connectivity index (χ1n) is 8.63. The summed E-state index contributed by atoms with van der Waals surface area (Å²) in [6.07, 6.45) is 0. The Kier molecular flexibility index (Phi) is 6.83. The zero-order valence-electron chi connectivity index (χ0n) is 16.4. The standard InChI is InChI=1S/C19H28N4O2S/c1-13(11-25-6)20-16(24)12-26-18-22-21-17(23(18)5)14-7-9-15(10-8-14)19(2,3)4/h7-10,13H,11-12H2,1-6H3,(H,20,24)/t13-/m1/s1. The molecule has 6 nitrogen and oxygen atoms in total. The highest BCUT2D eigenvalue weighted by Gasteiger charge is 2.16. The first kappa shape index (κ1) is 20.5. The Hall–Kier alpha value is -1.86. The minimum Gasteiger partial charge on any atom is -0.383 e. The number of benzene rings is 1. The maximum atomic E-state index is 12.0. The van der Waals surface area contributed by atoms with E-state index in [1.165, 1.54) is 17.3 Å². The van der Waals surface area contributed by atoms with Crippen LogP contribution in [0.15, 0.2) is 29.4 Å². The van der Waals surface area contributed by atoms with Gasteiger partial charge in [-0.1, -0.05) is 56.8 Å². The van der Waals surface area contributed by atoms with Crippen LogP contribution in [0.2, 0.25) is 0 Å². The molecule has 7 heteroatoms. The normalized spacial score (nSPS) is 12.8. The molecule has 1 atom stereocenters. The van der Waals surface area contributed by atoms with Crippen LogP contribution in [0, 0.1) is 0 Å². The Morgan fingerprint density at radius 2 is 1.92 bits per heavy atom. The van der Waals surface area contributed by atoms with Crippen molar-refractivity contribution in [3.05, 3.63) is 29.8 Å². The van der Waals surface area contributed by atoms with Gasteiger partial charge in [-0.15, -0.1) is 10.2 Å². The number of amides is 1. The summed E-state index contributed by atoms with van der Waals surface area (Å²) in [4.78, 5) is 12.0. The van der Waals surface area contributed by atoms with E-state index in [0.29, 0.717) is 12.4 Å². The van der Waals surface area contributed by atoms with E-state index in [-0.39, 0.29) is 17.4 Å². The van der Waals surface area contributed by atoms with Crippen LogP contribution in [0.4, 0.5) is 0 Å². The maximum absolute atomic E-state index is 12.0. The Bertz CT molecular complexity index is 735. The highest BCUT2D eigenvalue weighted by molar-refractivity contribution is 7.99. The van der Waals surface area contributed by atoms with Gasteiger partial charge in [0.2, 0.25) is 5.91 Å². The molecule has 1 amide bonds. The zero-order chi connectivity index (χ0) is 19.3. The minimum atomic E-state index is -0.0429. The van der Waals surface area contributed by atoms with Crippen molar-refractivity contribution < 1.29 is 9.53 Å². The van der Waals surface area contributed by atoms with Crippen LogP contribution in [-0.4, -0.2) is 46.2 Å². The number of rotatable bonds is 7. The number of carbonyl (C=O) groups excluding carboxylic acids is 1. The van der Waals surface area contributed by atoms with Crippen molar-refractivity contribution in [2.75, 3.05) is 19.5 Å². The fourth-order valence-corrected chi connectivity index (χ4v) is 3.27. The number of hydrogen-bond acceptors (Lipinski definition) is 5. The van der Waals surface area contributed by atoms with E-state index in [0.717, 1.165) is 16.5 Å². The number of thioether (sulfide) groups is 1. The number of methoxy groups -OCH3 is 1. The second-order valence-corrected chi connectivity index (χ2v) is 8.35. The van der Waals surface area contributed by atoms with Gasteiger partial charge in [-0.3, -0.25) is 4.79 Å². The van der Waals surface area contributed by atoms with Crippen LogP contribution in [0.3, 0.4) is 0 Å². The van der Waals surface area contributed by atoms with Gasteiger partial charge in [0.15, 0.2) is 11.0 Å². The average Bonchev–Trinajstić information content (AvgIpc) is 2.93. The molecule has 0 bridgehead atoms. The molecule has 0 unspecified atom stereocenters. The van der Waals surface area contributed by atoms with Crippen molar-refractivity contribution in [3.8, 4) is 11.4 Å². The molecule has 0 radical (unpaired) electrons. The molecule has 0 aliphatic rings. The van der Waals surface area contributed by atoms with Gasteiger partial charge in [0.1, 0.15) is 0 Å². The summed E-state index contributed by atoms with van der Waals surface area (Å²) in [5.41, 5.74) is 2.41. The van der Waals surface area contributed by atoms with Crippen LogP contribution >= 0.6 is 11.8 Å². The molecule has 1 heterocycles. The Morgan fingerprint density at radius 1 is 1.27 bits per heavy atom. The van der Waals surface area contributed by atoms with E-state index in [1.54, 1.807) is 7.11 Å². The van der Waals surface area contributed by atoms with Gasteiger partial charge in [-0.05, 0) is 17.9 Å². The van der Waals surface area contributed by atoms with Crippen molar-refractivity contribution in [1.82, 2.24) is 20.1 Å². The van der Waals surface area contributed by atoms with E-state index in [2.05, 4.69) is 60.6 Å². The number of hydrogen-bond donors (Lipinski definition) is 1. The molecule has 1 aromatic carbocycles. The molecule has 142 valence electrons. The third-order valence-corrected chi connectivity index (χ3v) is 5.02. The molecule has 26 heavy (non-hydrogen) atoms. The fourth-order valence-electron chi connectivity index (χ4n) is 2.55. The summed E-state index contributed by atoms with van der Waals surface area (Å²) in [7, 11) is 3.54. The van der Waals surface area contributed by atoms with Gasteiger partial charge in [0.05, 0.1) is 12.4 Å². The molecule has 2 aromatic rings. The minimum absolute atomic E-state index is 0.00973. The lowest BCUT2D eigenvalue weighted by atomic mass is 9.87. The van der Waals surface area contributed by atoms with Gasteiger partial charge < -0.3 is 14.6 Å². The predicted octanol–water partition coefficient (Wildman–Crippen LogP) is 3.02. The lowest BCUT2D eigenvalue weighted by Gasteiger charge is -2.19. The number of nitrogens with zero attached hydrogens (tertiary/aromatic N) is 3. The number of nitrogens with one attached hydrogen (secondary N) is 1. The number of aromatic nitrogens is 3. The van der Waals surface area contributed by atoms with Crippen molar-refractivity contribution in [1.29, 1.82) is 0 Å². The SMILES string of the molecule is COC[C@@H](C)NC(=O)CSc1nnc(-c2ccc(C(C)(C)C)cc2)n1C. The van der Waals surface area contributed by atoms with Crippen LogP contribution in [0.5, 0.6) is 0 Å². The van der Waals surface area contributed by atoms with E-state index >= 15 is 0 Å². The first-order chi connectivity index (χ1) is 12.2. The summed E-state index contributed by atoms with van der Waals surface area (Å²) in [6, 6.07) is 8.38. The summed E-state index contributed by atoms with van der Waals surface area (Å²) in [5.74, 6) is 1.04. The molecule has 0 aliphatic carbocycles. The third-order valence-electron chi connectivity index (χ3n) is 4.00. The Morgan fingerprint density at radius 3 is 2.50 bits per heavy atom. The van der Waals surface area contributed by atoms with E-state index < -0.39 is 0 Å². The van der Waals surface area contributed by atoms with Crippen LogP contribution in [0.25, 0.3) is 11.4 Å². The molecular formula is C19H28N4O2S. The Balaban J connectivity index is 2.02. The molecule has 0 saturated heterocycles. The summed E-state index contributed by atoms with van der Waals surface area (Å²) in [6.45, 7) is 8.98. The van der Waals surface area contributed by atoms with Crippen LogP contribution in [0.1, 0.15) is 33.3 Å². The molecule has 1 aromatic heterocycles. The molecule has 2 rings (SSSR count). The lowest BCUT2D eigenvalue weighted by molar-refractivity contribution is -0.119. The summed E-state index contributed by atoms with van der Waals surface area (Å²) >= 11 is 1.37. The van der Waals surface area contributed by atoms with Crippen molar-refractivity contribution in [2.24, 2.45) is 7.05 Å². The third kappa shape index (κ3) is 5.32. The van der Waals surface area contributed by atoms with Crippen LogP contribution in [-0.2, 0) is 22.0 Å².